The number of nitro benzene ring substituents is 1. The summed E-state index contributed by atoms with van der Waals surface area (Å²) in [6.45, 7) is 0. The lowest BCUT2D eigenvalue weighted by atomic mass is 10.2. The van der Waals surface area contributed by atoms with E-state index < -0.39 is 4.92 Å². The fourth-order valence-electron chi connectivity index (χ4n) is 1.91. The summed E-state index contributed by atoms with van der Waals surface area (Å²) in [6.07, 6.45) is 0. The SMILES string of the molecule is O=[N+]([O-])c1cccc(-c2nc3cc(Cl)c(Cl)cc3[nH]2)c1. The van der Waals surface area contributed by atoms with Crippen molar-refractivity contribution in [3.8, 4) is 11.4 Å². The molecule has 1 N–H and O–H groups in total. The summed E-state index contributed by atoms with van der Waals surface area (Å²) in [5.41, 5.74) is 2.02. The minimum atomic E-state index is -0.445. The standard InChI is InChI=1S/C13H7Cl2N3O2/c14-9-5-11-12(6-10(9)15)17-13(16-11)7-2-1-3-8(4-7)18(19)20/h1-6H,(H,16,17). The fourth-order valence-corrected chi connectivity index (χ4v) is 2.23. The van der Waals surface area contributed by atoms with Crippen LogP contribution in [0.25, 0.3) is 22.4 Å². The van der Waals surface area contributed by atoms with E-state index in [4.69, 9.17) is 23.2 Å². The van der Waals surface area contributed by atoms with Gasteiger partial charge in [-0.25, -0.2) is 4.98 Å². The van der Waals surface area contributed by atoms with Crippen LogP contribution in [-0.2, 0) is 0 Å². The number of hydrogen-bond donors (Lipinski definition) is 1. The average molecular weight is 308 g/mol. The highest BCUT2D eigenvalue weighted by Crippen LogP contribution is 2.29. The van der Waals surface area contributed by atoms with Gasteiger partial charge in [0.2, 0.25) is 0 Å². The first-order valence-electron chi connectivity index (χ1n) is 5.64. The van der Waals surface area contributed by atoms with Gasteiger partial charge in [-0.3, -0.25) is 10.1 Å². The van der Waals surface area contributed by atoms with E-state index in [0.29, 0.717) is 26.9 Å². The lowest BCUT2D eigenvalue weighted by molar-refractivity contribution is -0.384. The van der Waals surface area contributed by atoms with Crippen LogP contribution in [-0.4, -0.2) is 14.9 Å². The van der Waals surface area contributed by atoms with E-state index in [1.165, 1.54) is 12.1 Å². The first-order valence-corrected chi connectivity index (χ1v) is 6.40. The lowest BCUT2D eigenvalue weighted by Crippen LogP contribution is -1.88. The third-order valence-corrected chi connectivity index (χ3v) is 3.58. The Morgan fingerprint density at radius 3 is 2.65 bits per heavy atom. The Morgan fingerprint density at radius 1 is 1.15 bits per heavy atom. The van der Waals surface area contributed by atoms with Crippen LogP contribution in [0.3, 0.4) is 0 Å². The molecule has 0 aliphatic carbocycles. The van der Waals surface area contributed by atoms with Crippen LogP contribution >= 0.6 is 23.2 Å². The minimum absolute atomic E-state index is 0.0130. The second-order valence-corrected chi connectivity index (χ2v) is 4.99. The van der Waals surface area contributed by atoms with Crippen molar-refractivity contribution in [3.63, 3.8) is 0 Å². The number of hydrogen-bond acceptors (Lipinski definition) is 3. The number of aromatic nitrogens is 2. The topological polar surface area (TPSA) is 71.8 Å². The Hall–Kier alpha value is -2.11. The van der Waals surface area contributed by atoms with Crippen LogP contribution in [0.1, 0.15) is 0 Å². The van der Waals surface area contributed by atoms with Crippen LogP contribution in [0.4, 0.5) is 5.69 Å². The predicted molar refractivity (Wildman–Crippen MR) is 78.2 cm³/mol. The minimum Gasteiger partial charge on any atom is -0.338 e. The number of nitrogens with one attached hydrogen (secondary N) is 1. The Balaban J connectivity index is 2.15. The van der Waals surface area contributed by atoms with Gasteiger partial charge in [0.15, 0.2) is 0 Å². The van der Waals surface area contributed by atoms with Crippen LogP contribution < -0.4 is 0 Å². The maximum absolute atomic E-state index is 10.8. The molecule has 1 aromatic heterocycles. The average Bonchev–Trinajstić information content (AvgIpc) is 2.82. The maximum atomic E-state index is 10.8. The normalized spacial score (nSPS) is 10.9. The second kappa shape index (κ2) is 4.77. The molecule has 100 valence electrons. The highest BCUT2D eigenvalue weighted by atomic mass is 35.5. The first kappa shape index (κ1) is 12.9. The number of nitro groups is 1. The third kappa shape index (κ3) is 2.21. The van der Waals surface area contributed by atoms with Gasteiger partial charge in [0, 0.05) is 17.7 Å². The number of fused-ring (bicyclic) bond motifs is 1. The molecule has 0 radical (unpaired) electrons. The first-order chi connectivity index (χ1) is 9.54. The molecule has 2 aromatic carbocycles. The number of halogens is 2. The number of nitrogens with zero attached hydrogens (tertiary/aromatic N) is 2. The van der Waals surface area contributed by atoms with Crippen LogP contribution in [0.15, 0.2) is 36.4 Å². The summed E-state index contributed by atoms with van der Waals surface area (Å²) in [6, 6.07) is 9.57. The lowest BCUT2D eigenvalue weighted by Gasteiger charge is -1.96. The van der Waals surface area contributed by atoms with E-state index in [0.717, 1.165) is 5.52 Å². The Labute approximate surface area is 123 Å². The van der Waals surface area contributed by atoms with Gasteiger partial charge in [0.1, 0.15) is 5.82 Å². The largest absolute Gasteiger partial charge is 0.338 e. The van der Waals surface area contributed by atoms with Crippen molar-refractivity contribution >= 4 is 39.9 Å². The molecule has 0 bridgehead atoms. The Kier molecular flexibility index (Phi) is 3.08. The third-order valence-electron chi connectivity index (χ3n) is 2.85. The van der Waals surface area contributed by atoms with Crippen molar-refractivity contribution in [2.24, 2.45) is 0 Å². The number of rotatable bonds is 2. The molecule has 1 heterocycles. The molecular weight excluding hydrogens is 301 g/mol. The molecule has 0 aliphatic rings. The molecule has 0 aliphatic heterocycles. The van der Waals surface area contributed by atoms with Crippen LogP contribution in [0, 0.1) is 10.1 Å². The number of H-pyrrole nitrogens is 1. The second-order valence-electron chi connectivity index (χ2n) is 4.18. The molecule has 7 heteroatoms. The summed E-state index contributed by atoms with van der Waals surface area (Å²) < 4.78 is 0. The van der Waals surface area contributed by atoms with Gasteiger partial charge in [-0.2, -0.15) is 0 Å². The van der Waals surface area contributed by atoms with Crippen LogP contribution in [0.5, 0.6) is 0 Å². The molecule has 0 saturated carbocycles. The smallest absolute Gasteiger partial charge is 0.270 e. The zero-order valence-corrected chi connectivity index (χ0v) is 11.4. The molecule has 0 spiro atoms. The van der Waals surface area contributed by atoms with Crippen molar-refractivity contribution in [1.29, 1.82) is 0 Å². The van der Waals surface area contributed by atoms with Gasteiger partial charge in [-0.05, 0) is 12.1 Å². The molecule has 3 aromatic rings. The summed E-state index contributed by atoms with van der Waals surface area (Å²) in [5.74, 6) is 0.530. The predicted octanol–water partition coefficient (Wildman–Crippen LogP) is 4.44. The zero-order valence-electron chi connectivity index (χ0n) is 9.93. The highest BCUT2D eigenvalue weighted by molar-refractivity contribution is 6.42. The molecule has 0 amide bonds. The summed E-state index contributed by atoms with van der Waals surface area (Å²) >= 11 is 11.9. The molecule has 3 rings (SSSR count). The molecule has 0 unspecified atom stereocenters. The van der Waals surface area contributed by atoms with E-state index >= 15 is 0 Å². The number of imidazole rings is 1. The van der Waals surface area contributed by atoms with Crippen molar-refractivity contribution in [2.45, 2.75) is 0 Å². The van der Waals surface area contributed by atoms with Gasteiger partial charge in [0.05, 0.1) is 26.0 Å². The molecule has 0 saturated heterocycles. The van der Waals surface area contributed by atoms with Crippen molar-refractivity contribution in [3.05, 3.63) is 56.6 Å². The van der Waals surface area contributed by atoms with Crippen molar-refractivity contribution in [2.75, 3.05) is 0 Å². The van der Waals surface area contributed by atoms with Crippen molar-refractivity contribution < 1.29 is 4.92 Å². The van der Waals surface area contributed by atoms with Gasteiger partial charge >= 0.3 is 0 Å². The van der Waals surface area contributed by atoms with Crippen molar-refractivity contribution in [1.82, 2.24) is 9.97 Å². The highest BCUT2D eigenvalue weighted by Gasteiger charge is 2.11. The fraction of sp³-hybridized carbons (Fsp3) is 0. The number of aromatic amines is 1. The van der Waals surface area contributed by atoms with Gasteiger partial charge in [-0.1, -0.05) is 35.3 Å². The molecular formula is C13H7Cl2N3O2. The van der Waals surface area contributed by atoms with E-state index in [-0.39, 0.29) is 5.69 Å². The van der Waals surface area contributed by atoms with Crippen LogP contribution in [0.2, 0.25) is 10.0 Å². The molecule has 0 fully saturated rings. The molecule has 5 nitrogen and oxygen atoms in total. The van der Waals surface area contributed by atoms with E-state index in [1.807, 2.05) is 0 Å². The van der Waals surface area contributed by atoms with Gasteiger partial charge < -0.3 is 4.98 Å². The summed E-state index contributed by atoms with van der Waals surface area (Å²) in [4.78, 5) is 17.8. The Bertz CT molecular complexity index is 791. The zero-order chi connectivity index (χ0) is 14.3. The quantitative estimate of drug-likeness (QED) is 0.561. The van der Waals surface area contributed by atoms with Gasteiger partial charge in [-0.15, -0.1) is 0 Å². The summed E-state index contributed by atoms with van der Waals surface area (Å²) in [7, 11) is 0. The summed E-state index contributed by atoms with van der Waals surface area (Å²) in [5, 5.41) is 11.6. The van der Waals surface area contributed by atoms with E-state index in [9.17, 15) is 10.1 Å². The van der Waals surface area contributed by atoms with E-state index in [2.05, 4.69) is 9.97 Å². The van der Waals surface area contributed by atoms with Gasteiger partial charge in [0.25, 0.3) is 5.69 Å². The van der Waals surface area contributed by atoms with E-state index in [1.54, 1.807) is 24.3 Å². The molecule has 20 heavy (non-hydrogen) atoms. The molecule has 0 atom stereocenters. The maximum Gasteiger partial charge on any atom is 0.270 e. The monoisotopic (exact) mass is 307 g/mol. The number of non-ortho nitro benzene ring substituents is 1. The Morgan fingerprint density at radius 2 is 1.90 bits per heavy atom. The number of benzene rings is 2.